The van der Waals surface area contributed by atoms with Crippen LogP contribution < -0.4 is 10.5 Å². The molecule has 2 aliphatic rings. The van der Waals surface area contributed by atoms with Gasteiger partial charge in [-0.2, -0.15) is 0 Å². The summed E-state index contributed by atoms with van der Waals surface area (Å²) in [5.41, 5.74) is 9.37. The van der Waals surface area contributed by atoms with Gasteiger partial charge in [-0.3, -0.25) is 4.98 Å². The van der Waals surface area contributed by atoms with Crippen LogP contribution in [0.3, 0.4) is 0 Å². The third-order valence-corrected chi connectivity index (χ3v) is 4.24. The van der Waals surface area contributed by atoms with E-state index in [0.29, 0.717) is 6.10 Å². The van der Waals surface area contributed by atoms with Crippen molar-refractivity contribution in [2.75, 3.05) is 6.61 Å². The van der Waals surface area contributed by atoms with E-state index in [1.54, 1.807) is 0 Å². The van der Waals surface area contributed by atoms with Gasteiger partial charge in [-0.05, 0) is 43.0 Å². The van der Waals surface area contributed by atoms with Crippen LogP contribution in [0.25, 0.3) is 11.1 Å². The Hall–Kier alpha value is -1.91. The smallest absolute Gasteiger partial charge is 0.119 e. The summed E-state index contributed by atoms with van der Waals surface area (Å²) in [5.74, 6) is 0.941. The summed E-state index contributed by atoms with van der Waals surface area (Å²) in [6.07, 6.45) is 7.37. The first-order chi connectivity index (χ1) is 10.8. The lowest BCUT2D eigenvalue weighted by Crippen LogP contribution is -2.23. The fourth-order valence-electron chi connectivity index (χ4n) is 2.82. The molecule has 0 radical (unpaired) electrons. The lowest BCUT2D eigenvalue weighted by Gasteiger charge is -2.15. The SMILES string of the molecule is N[C@@H]1CCO[C@H]1c1cncc(-c2ccc(OC3CC3)cc2)c1. The van der Waals surface area contributed by atoms with Gasteiger partial charge in [0.05, 0.1) is 12.2 Å². The van der Waals surface area contributed by atoms with Gasteiger partial charge in [-0.1, -0.05) is 12.1 Å². The van der Waals surface area contributed by atoms with Crippen molar-refractivity contribution in [3.63, 3.8) is 0 Å². The van der Waals surface area contributed by atoms with Crippen LogP contribution in [0, 0.1) is 0 Å². The highest BCUT2D eigenvalue weighted by Crippen LogP contribution is 2.31. The maximum absolute atomic E-state index is 6.10. The normalized spacial score (nSPS) is 24.4. The molecule has 0 bridgehead atoms. The van der Waals surface area contributed by atoms with Crippen LogP contribution in [0.4, 0.5) is 0 Å². The van der Waals surface area contributed by atoms with Crippen molar-refractivity contribution >= 4 is 0 Å². The molecule has 2 aromatic rings. The second kappa shape index (κ2) is 5.71. The number of pyridine rings is 1. The highest BCUT2D eigenvalue weighted by Gasteiger charge is 2.27. The zero-order valence-electron chi connectivity index (χ0n) is 12.4. The molecule has 4 rings (SSSR count). The van der Waals surface area contributed by atoms with Gasteiger partial charge >= 0.3 is 0 Å². The van der Waals surface area contributed by atoms with Gasteiger partial charge in [0, 0.05) is 36.2 Å². The molecule has 2 heterocycles. The first-order valence-corrected chi connectivity index (χ1v) is 7.89. The van der Waals surface area contributed by atoms with E-state index in [9.17, 15) is 0 Å². The summed E-state index contributed by atoms with van der Waals surface area (Å²) >= 11 is 0. The van der Waals surface area contributed by atoms with Gasteiger partial charge in [0.1, 0.15) is 5.75 Å². The fraction of sp³-hybridized carbons (Fsp3) is 0.389. The molecule has 4 nitrogen and oxygen atoms in total. The lowest BCUT2D eigenvalue weighted by molar-refractivity contribution is 0.105. The molecule has 1 aliphatic carbocycles. The van der Waals surface area contributed by atoms with E-state index in [1.807, 2.05) is 24.5 Å². The first-order valence-electron chi connectivity index (χ1n) is 7.89. The van der Waals surface area contributed by atoms with Crippen molar-refractivity contribution in [1.29, 1.82) is 0 Å². The van der Waals surface area contributed by atoms with E-state index in [-0.39, 0.29) is 12.1 Å². The van der Waals surface area contributed by atoms with Gasteiger partial charge in [0.25, 0.3) is 0 Å². The average Bonchev–Trinajstić information content (AvgIpc) is 3.26. The molecular weight excluding hydrogens is 276 g/mol. The summed E-state index contributed by atoms with van der Waals surface area (Å²) < 4.78 is 11.5. The maximum atomic E-state index is 6.10. The third-order valence-electron chi connectivity index (χ3n) is 4.24. The van der Waals surface area contributed by atoms with Crippen LogP contribution in [0.15, 0.2) is 42.7 Å². The number of benzene rings is 1. The van der Waals surface area contributed by atoms with Crippen LogP contribution >= 0.6 is 0 Å². The zero-order valence-corrected chi connectivity index (χ0v) is 12.4. The van der Waals surface area contributed by atoms with Crippen LogP contribution in [0.2, 0.25) is 0 Å². The Bertz CT molecular complexity index is 652. The number of hydrogen-bond donors (Lipinski definition) is 1. The van der Waals surface area contributed by atoms with Crippen LogP contribution in [-0.2, 0) is 4.74 Å². The minimum atomic E-state index is -0.0371. The second-order valence-electron chi connectivity index (χ2n) is 6.09. The fourth-order valence-corrected chi connectivity index (χ4v) is 2.82. The highest BCUT2D eigenvalue weighted by molar-refractivity contribution is 5.64. The number of nitrogens with zero attached hydrogens (tertiary/aromatic N) is 1. The predicted octanol–water partition coefficient (Wildman–Crippen LogP) is 3.08. The molecule has 1 saturated carbocycles. The molecule has 2 atom stereocenters. The molecule has 1 saturated heterocycles. The summed E-state index contributed by atoms with van der Waals surface area (Å²) in [7, 11) is 0. The summed E-state index contributed by atoms with van der Waals surface area (Å²) in [5, 5.41) is 0. The molecule has 0 unspecified atom stereocenters. The van der Waals surface area contributed by atoms with E-state index in [0.717, 1.165) is 35.5 Å². The van der Waals surface area contributed by atoms with E-state index in [1.165, 1.54) is 12.8 Å². The Labute approximate surface area is 130 Å². The summed E-state index contributed by atoms with van der Waals surface area (Å²) in [6, 6.07) is 10.4. The molecule has 0 amide bonds. The second-order valence-corrected chi connectivity index (χ2v) is 6.09. The Morgan fingerprint density at radius 3 is 2.55 bits per heavy atom. The Kier molecular flexibility index (Phi) is 3.56. The molecular formula is C18H20N2O2. The third kappa shape index (κ3) is 2.85. The molecule has 1 aliphatic heterocycles. The predicted molar refractivity (Wildman–Crippen MR) is 84.6 cm³/mol. The van der Waals surface area contributed by atoms with Crippen LogP contribution in [0.1, 0.15) is 30.9 Å². The van der Waals surface area contributed by atoms with Gasteiger partial charge < -0.3 is 15.2 Å². The first kappa shape index (κ1) is 13.7. The molecule has 4 heteroatoms. The molecule has 0 spiro atoms. The number of nitrogens with two attached hydrogens (primary N) is 1. The highest BCUT2D eigenvalue weighted by atomic mass is 16.5. The van der Waals surface area contributed by atoms with Crippen molar-refractivity contribution in [2.45, 2.75) is 37.5 Å². The van der Waals surface area contributed by atoms with Crippen molar-refractivity contribution < 1.29 is 9.47 Å². The maximum Gasteiger partial charge on any atom is 0.119 e. The van der Waals surface area contributed by atoms with Gasteiger partial charge in [-0.25, -0.2) is 0 Å². The Balaban J connectivity index is 1.56. The quantitative estimate of drug-likeness (QED) is 0.942. The Morgan fingerprint density at radius 1 is 1.05 bits per heavy atom. The van der Waals surface area contributed by atoms with Crippen LogP contribution in [-0.4, -0.2) is 23.7 Å². The molecule has 1 aromatic carbocycles. The van der Waals surface area contributed by atoms with E-state index < -0.39 is 0 Å². The minimum Gasteiger partial charge on any atom is -0.490 e. The van der Waals surface area contributed by atoms with Gasteiger partial charge in [0.2, 0.25) is 0 Å². The zero-order chi connectivity index (χ0) is 14.9. The largest absolute Gasteiger partial charge is 0.490 e. The number of hydrogen-bond acceptors (Lipinski definition) is 4. The molecule has 2 fully saturated rings. The van der Waals surface area contributed by atoms with Crippen molar-refractivity contribution in [1.82, 2.24) is 4.98 Å². The number of aromatic nitrogens is 1. The average molecular weight is 296 g/mol. The molecule has 114 valence electrons. The Morgan fingerprint density at radius 2 is 1.86 bits per heavy atom. The van der Waals surface area contributed by atoms with Crippen molar-refractivity contribution in [3.8, 4) is 16.9 Å². The molecule has 2 N–H and O–H groups in total. The minimum absolute atomic E-state index is 0.0371. The topological polar surface area (TPSA) is 57.4 Å². The molecule has 22 heavy (non-hydrogen) atoms. The standard InChI is InChI=1S/C18H20N2O2/c19-17-7-8-21-18(17)14-9-13(10-20-11-14)12-1-3-15(4-2-12)22-16-5-6-16/h1-4,9-11,16-18H,5-8,19H2/t17-,18+/m1/s1. The van der Waals surface area contributed by atoms with E-state index in [2.05, 4.69) is 23.2 Å². The van der Waals surface area contributed by atoms with E-state index >= 15 is 0 Å². The lowest BCUT2D eigenvalue weighted by atomic mass is 10.0. The monoisotopic (exact) mass is 296 g/mol. The van der Waals surface area contributed by atoms with Crippen LogP contribution in [0.5, 0.6) is 5.75 Å². The summed E-state index contributed by atoms with van der Waals surface area (Å²) in [4.78, 5) is 4.35. The summed E-state index contributed by atoms with van der Waals surface area (Å²) in [6.45, 7) is 0.725. The van der Waals surface area contributed by atoms with Gasteiger partial charge in [0.15, 0.2) is 0 Å². The van der Waals surface area contributed by atoms with Gasteiger partial charge in [-0.15, -0.1) is 0 Å². The number of ether oxygens (including phenoxy) is 2. The number of rotatable bonds is 4. The van der Waals surface area contributed by atoms with E-state index in [4.69, 9.17) is 15.2 Å². The van der Waals surface area contributed by atoms with Crippen molar-refractivity contribution in [2.24, 2.45) is 5.73 Å². The molecule has 1 aromatic heterocycles. The van der Waals surface area contributed by atoms with Crippen molar-refractivity contribution in [3.05, 3.63) is 48.3 Å².